The highest BCUT2D eigenvalue weighted by Crippen LogP contribution is 2.16. The van der Waals surface area contributed by atoms with Gasteiger partial charge in [0.15, 0.2) is 0 Å². The van der Waals surface area contributed by atoms with E-state index in [2.05, 4.69) is 0 Å². The number of hydrogen-bond acceptors (Lipinski definition) is 3. The Balaban J connectivity index is 2.09. The van der Waals surface area contributed by atoms with Crippen molar-refractivity contribution in [2.45, 2.75) is 6.92 Å². The largest absolute Gasteiger partial charge is 0.493 e. The molecule has 0 heterocycles. The lowest BCUT2D eigenvalue weighted by Gasteiger charge is -2.08. The topological polar surface area (TPSA) is 29.5 Å². The first kappa shape index (κ1) is 13.7. The van der Waals surface area contributed by atoms with Crippen molar-refractivity contribution in [3.8, 4) is 5.75 Å². The van der Waals surface area contributed by atoms with Crippen LogP contribution in [-0.4, -0.2) is 29.8 Å². The van der Waals surface area contributed by atoms with Gasteiger partial charge >= 0.3 is 0 Å². The number of rotatable bonds is 7. The lowest BCUT2D eigenvalue weighted by atomic mass is 10.2. The van der Waals surface area contributed by atoms with Crippen LogP contribution in [0.1, 0.15) is 6.92 Å². The van der Waals surface area contributed by atoms with Crippen molar-refractivity contribution >= 4 is 23.4 Å². The zero-order valence-corrected chi connectivity index (χ0v) is 10.9. The summed E-state index contributed by atoms with van der Waals surface area (Å²) in [5.74, 6) is 3.12. The average molecular weight is 261 g/mol. The van der Waals surface area contributed by atoms with E-state index in [1.54, 1.807) is 11.8 Å². The number of benzene rings is 1. The molecule has 90 valence electrons. The summed E-state index contributed by atoms with van der Waals surface area (Å²) in [6.45, 7) is 2.97. The molecule has 2 nitrogen and oxygen atoms in total. The zero-order valence-electron chi connectivity index (χ0n) is 9.36. The Morgan fingerprint density at radius 2 is 2.06 bits per heavy atom. The van der Waals surface area contributed by atoms with Crippen molar-refractivity contribution in [3.63, 3.8) is 0 Å². The summed E-state index contributed by atoms with van der Waals surface area (Å²) in [6.07, 6.45) is 0. The molecule has 0 aromatic heterocycles. The molecule has 1 rings (SSSR count). The summed E-state index contributed by atoms with van der Waals surface area (Å²) in [5, 5.41) is 9.56. The van der Waals surface area contributed by atoms with Gasteiger partial charge in [0.1, 0.15) is 5.75 Å². The van der Waals surface area contributed by atoms with Gasteiger partial charge in [-0.05, 0) is 35.9 Å². The van der Waals surface area contributed by atoms with Crippen molar-refractivity contribution in [1.29, 1.82) is 0 Å². The third-order valence-electron chi connectivity index (χ3n) is 2.02. The fourth-order valence-electron chi connectivity index (χ4n) is 1.09. The second-order valence-corrected chi connectivity index (χ2v) is 5.25. The summed E-state index contributed by atoms with van der Waals surface area (Å²) in [5.41, 5.74) is 0. The average Bonchev–Trinajstić information content (AvgIpc) is 2.31. The van der Waals surface area contributed by atoms with Gasteiger partial charge in [-0.15, -0.1) is 0 Å². The van der Waals surface area contributed by atoms with Crippen molar-refractivity contribution in [2.24, 2.45) is 5.92 Å². The Hall–Kier alpha value is -0.380. The second kappa shape index (κ2) is 7.82. The smallest absolute Gasteiger partial charge is 0.119 e. The molecule has 0 saturated carbocycles. The standard InChI is InChI=1S/C12H17ClO2S/c1-10(8-14)9-16-7-6-15-12-4-2-11(13)3-5-12/h2-5,10,14H,6-9H2,1H3. The number of halogens is 1. The van der Waals surface area contributed by atoms with Crippen LogP contribution in [0.15, 0.2) is 24.3 Å². The number of aliphatic hydroxyl groups excluding tert-OH is 1. The Labute approximate surface area is 106 Å². The summed E-state index contributed by atoms with van der Waals surface area (Å²) >= 11 is 7.56. The zero-order chi connectivity index (χ0) is 11.8. The van der Waals surface area contributed by atoms with Crippen LogP contribution < -0.4 is 4.74 Å². The van der Waals surface area contributed by atoms with Crippen LogP contribution in [0, 0.1) is 5.92 Å². The molecule has 0 aliphatic carbocycles. The van der Waals surface area contributed by atoms with E-state index in [4.69, 9.17) is 21.4 Å². The molecular weight excluding hydrogens is 244 g/mol. The Bertz CT molecular complexity index is 290. The maximum atomic E-state index is 8.84. The highest BCUT2D eigenvalue weighted by atomic mass is 35.5. The molecule has 1 aromatic rings. The van der Waals surface area contributed by atoms with Crippen LogP contribution in [0.2, 0.25) is 5.02 Å². The number of ether oxygens (including phenoxy) is 1. The molecule has 16 heavy (non-hydrogen) atoms. The molecular formula is C12H17ClO2S. The SMILES string of the molecule is CC(CO)CSCCOc1ccc(Cl)cc1. The molecule has 0 saturated heterocycles. The van der Waals surface area contributed by atoms with E-state index in [0.717, 1.165) is 22.3 Å². The maximum Gasteiger partial charge on any atom is 0.119 e. The number of hydrogen-bond donors (Lipinski definition) is 1. The van der Waals surface area contributed by atoms with E-state index in [9.17, 15) is 0 Å². The fourth-order valence-corrected chi connectivity index (χ4v) is 2.09. The van der Waals surface area contributed by atoms with E-state index in [-0.39, 0.29) is 6.61 Å². The number of thioether (sulfide) groups is 1. The maximum absolute atomic E-state index is 8.84. The summed E-state index contributed by atoms with van der Waals surface area (Å²) in [6, 6.07) is 7.36. The molecule has 1 N–H and O–H groups in total. The van der Waals surface area contributed by atoms with Crippen molar-refractivity contribution < 1.29 is 9.84 Å². The predicted octanol–water partition coefficient (Wildman–Crippen LogP) is 3.08. The van der Waals surface area contributed by atoms with Crippen LogP contribution in [0.4, 0.5) is 0 Å². The van der Waals surface area contributed by atoms with Gasteiger partial charge in [0.25, 0.3) is 0 Å². The molecule has 0 amide bonds. The third kappa shape index (κ3) is 5.64. The van der Waals surface area contributed by atoms with Crippen LogP contribution >= 0.6 is 23.4 Å². The van der Waals surface area contributed by atoms with Crippen LogP contribution in [-0.2, 0) is 0 Å². The molecule has 1 aromatic carbocycles. The van der Waals surface area contributed by atoms with E-state index < -0.39 is 0 Å². The normalized spacial score (nSPS) is 12.4. The summed E-state index contributed by atoms with van der Waals surface area (Å²) in [4.78, 5) is 0. The van der Waals surface area contributed by atoms with E-state index in [0.29, 0.717) is 12.5 Å². The lowest BCUT2D eigenvalue weighted by molar-refractivity contribution is 0.250. The molecule has 0 spiro atoms. The van der Waals surface area contributed by atoms with Gasteiger partial charge in [-0.25, -0.2) is 0 Å². The van der Waals surface area contributed by atoms with E-state index >= 15 is 0 Å². The molecule has 1 atom stereocenters. The Kier molecular flexibility index (Phi) is 6.69. The first-order valence-corrected chi connectivity index (χ1v) is 6.82. The first-order valence-electron chi connectivity index (χ1n) is 5.29. The van der Waals surface area contributed by atoms with Gasteiger partial charge in [-0.2, -0.15) is 11.8 Å². The minimum Gasteiger partial charge on any atom is -0.493 e. The highest BCUT2D eigenvalue weighted by Gasteiger charge is 1.99. The molecule has 0 radical (unpaired) electrons. The molecule has 0 bridgehead atoms. The van der Waals surface area contributed by atoms with Gasteiger partial charge in [0, 0.05) is 17.4 Å². The lowest BCUT2D eigenvalue weighted by Crippen LogP contribution is -2.06. The fraction of sp³-hybridized carbons (Fsp3) is 0.500. The van der Waals surface area contributed by atoms with Crippen LogP contribution in [0.5, 0.6) is 5.75 Å². The molecule has 4 heteroatoms. The van der Waals surface area contributed by atoms with Gasteiger partial charge < -0.3 is 9.84 Å². The summed E-state index contributed by atoms with van der Waals surface area (Å²) < 4.78 is 5.53. The second-order valence-electron chi connectivity index (χ2n) is 3.67. The third-order valence-corrected chi connectivity index (χ3v) is 3.54. The van der Waals surface area contributed by atoms with Crippen LogP contribution in [0.3, 0.4) is 0 Å². The monoisotopic (exact) mass is 260 g/mol. The predicted molar refractivity (Wildman–Crippen MR) is 70.5 cm³/mol. The molecule has 1 unspecified atom stereocenters. The Morgan fingerprint density at radius 1 is 1.38 bits per heavy atom. The van der Waals surface area contributed by atoms with Crippen molar-refractivity contribution in [1.82, 2.24) is 0 Å². The van der Waals surface area contributed by atoms with Crippen molar-refractivity contribution in [2.75, 3.05) is 24.7 Å². The van der Waals surface area contributed by atoms with Crippen molar-refractivity contribution in [3.05, 3.63) is 29.3 Å². The van der Waals surface area contributed by atoms with E-state index in [1.165, 1.54) is 0 Å². The Morgan fingerprint density at radius 3 is 2.69 bits per heavy atom. The highest BCUT2D eigenvalue weighted by molar-refractivity contribution is 7.99. The van der Waals surface area contributed by atoms with Gasteiger partial charge in [-0.3, -0.25) is 0 Å². The summed E-state index contributed by atoms with van der Waals surface area (Å²) in [7, 11) is 0. The van der Waals surface area contributed by atoms with Gasteiger partial charge in [0.2, 0.25) is 0 Å². The molecule has 0 aliphatic heterocycles. The first-order chi connectivity index (χ1) is 7.72. The minimum atomic E-state index is 0.255. The molecule has 0 fully saturated rings. The van der Waals surface area contributed by atoms with Crippen LogP contribution in [0.25, 0.3) is 0 Å². The van der Waals surface area contributed by atoms with E-state index in [1.807, 2.05) is 31.2 Å². The van der Waals surface area contributed by atoms with Gasteiger partial charge in [0.05, 0.1) is 6.61 Å². The minimum absolute atomic E-state index is 0.255. The van der Waals surface area contributed by atoms with Gasteiger partial charge in [-0.1, -0.05) is 18.5 Å². The molecule has 0 aliphatic rings. The quantitative estimate of drug-likeness (QED) is 0.764. The number of aliphatic hydroxyl groups is 1.